The van der Waals surface area contributed by atoms with E-state index in [0.717, 1.165) is 21.9 Å². The molecule has 1 unspecified atom stereocenters. The van der Waals surface area contributed by atoms with Gasteiger partial charge in [-0.1, -0.05) is 11.6 Å². The summed E-state index contributed by atoms with van der Waals surface area (Å²) in [6, 6.07) is 7.19. The smallest absolute Gasteiger partial charge is 0.233 e. The van der Waals surface area contributed by atoms with Crippen molar-refractivity contribution in [3.05, 3.63) is 51.8 Å². The highest BCUT2D eigenvalue weighted by Gasteiger charge is 2.21. The third-order valence-corrected chi connectivity index (χ3v) is 4.39. The summed E-state index contributed by atoms with van der Waals surface area (Å²) in [7, 11) is 1.94. The lowest BCUT2D eigenvalue weighted by Gasteiger charge is -2.14. The van der Waals surface area contributed by atoms with Crippen molar-refractivity contribution in [3.63, 3.8) is 0 Å². The number of H-pyrrole nitrogens is 1. The first-order chi connectivity index (χ1) is 11.8. The summed E-state index contributed by atoms with van der Waals surface area (Å²) >= 11 is 5.84. The maximum atomic E-state index is 12.5. The largest absolute Gasteiger partial charge is 0.488 e. The molecular formula is C19H24ClN2O3+. The highest BCUT2D eigenvalue weighted by molar-refractivity contribution is 6.30. The molecule has 0 bridgehead atoms. The van der Waals surface area contributed by atoms with Crippen LogP contribution in [0, 0.1) is 13.8 Å². The van der Waals surface area contributed by atoms with E-state index < -0.39 is 0 Å². The van der Waals surface area contributed by atoms with Gasteiger partial charge in [0.15, 0.2) is 5.78 Å². The van der Waals surface area contributed by atoms with Gasteiger partial charge in [0.2, 0.25) is 5.78 Å². The van der Waals surface area contributed by atoms with E-state index in [-0.39, 0.29) is 11.6 Å². The summed E-state index contributed by atoms with van der Waals surface area (Å²) < 4.78 is 5.65. The molecule has 0 radical (unpaired) electrons. The number of hydrogen-bond acceptors (Lipinski definition) is 3. The number of Topliss-reactive ketones (excluding diaryl/α,β-unsaturated/α-hetero) is 2. The van der Waals surface area contributed by atoms with Gasteiger partial charge in [-0.05, 0) is 50.6 Å². The molecule has 0 aliphatic carbocycles. The van der Waals surface area contributed by atoms with E-state index in [4.69, 9.17) is 16.3 Å². The van der Waals surface area contributed by atoms with Crippen LogP contribution in [0.3, 0.4) is 0 Å². The summed E-state index contributed by atoms with van der Waals surface area (Å²) in [6.45, 7) is 6.67. The topological polar surface area (TPSA) is 63.6 Å². The van der Waals surface area contributed by atoms with Crippen LogP contribution in [0.15, 0.2) is 24.3 Å². The molecule has 0 amide bonds. The number of hydrogen-bond donors (Lipinski definition) is 2. The Hall–Kier alpha value is -2.11. The molecule has 0 aliphatic heterocycles. The van der Waals surface area contributed by atoms with Crippen LogP contribution < -0.4 is 9.64 Å². The molecule has 2 N–H and O–H groups in total. The monoisotopic (exact) mass is 363 g/mol. The lowest BCUT2D eigenvalue weighted by molar-refractivity contribution is -0.870. The number of benzene rings is 1. The number of ketones is 2. The van der Waals surface area contributed by atoms with Crippen LogP contribution in [0.1, 0.15) is 39.0 Å². The van der Waals surface area contributed by atoms with Gasteiger partial charge in [0.1, 0.15) is 25.4 Å². The zero-order valence-corrected chi connectivity index (χ0v) is 15.8. The van der Waals surface area contributed by atoms with Gasteiger partial charge >= 0.3 is 0 Å². The van der Waals surface area contributed by atoms with E-state index >= 15 is 0 Å². The summed E-state index contributed by atoms with van der Waals surface area (Å²) in [5.74, 6) is 0.727. The van der Waals surface area contributed by atoms with E-state index in [1.54, 1.807) is 12.1 Å². The number of aromatic amines is 1. The second-order valence-electron chi connectivity index (χ2n) is 6.29. The first-order valence-corrected chi connectivity index (χ1v) is 8.60. The third kappa shape index (κ3) is 4.94. The average Bonchev–Trinajstić information content (AvgIpc) is 2.84. The van der Waals surface area contributed by atoms with Gasteiger partial charge in [-0.2, -0.15) is 0 Å². The maximum absolute atomic E-state index is 12.5. The van der Waals surface area contributed by atoms with Crippen molar-refractivity contribution in [2.45, 2.75) is 20.8 Å². The van der Waals surface area contributed by atoms with Gasteiger partial charge in [-0.3, -0.25) is 9.59 Å². The van der Waals surface area contributed by atoms with E-state index in [2.05, 4.69) is 4.98 Å². The third-order valence-electron chi connectivity index (χ3n) is 4.14. The van der Waals surface area contributed by atoms with Crippen molar-refractivity contribution in [2.24, 2.45) is 0 Å². The minimum atomic E-state index is -0.0256. The minimum absolute atomic E-state index is 0.00269. The van der Waals surface area contributed by atoms with Crippen molar-refractivity contribution in [2.75, 3.05) is 26.7 Å². The number of likely N-dealkylation sites (N-methyl/N-ethyl adjacent to an activating group) is 1. The number of quaternary nitrogens is 1. The molecule has 25 heavy (non-hydrogen) atoms. The van der Waals surface area contributed by atoms with Crippen molar-refractivity contribution < 1.29 is 19.2 Å². The molecule has 0 saturated heterocycles. The van der Waals surface area contributed by atoms with Crippen LogP contribution >= 0.6 is 11.6 Å². The number of ether oxygens (including phenoxy) is 1. The molecule has 6 heteroatoms. The Bertz CT molecular complexity index is 766. The predicted molar refractivity (Wildman–Crippen MR) is 98.2 cm³/mol. The Kier molecular flexibility index (Phi) is 6.39. The van der Waals surface area contributed by atoms with Crippen LogP contribution in [0.25, 0.3) is 0 Å². The zero-order valence-electron chi connectivity index (χ0n) is 15.0. The van der Waals surface area contributed by atoms with Gasteiger partial charge in [-0.15, -0.1) is 0 Å². The Morgan fingerprint density at radius 1 is 1.20 bits per heavy atom. The molecule has 5 nitrogen and oxygen atoms in total. The van der Waals surface area contributed by atoms with Crippen molar-refractivity contribution in [1.82, 2.24) is 4.98 Å². The second kappa shape index (κ2) is 8.32. The minimum Gasteiger partial charge on any atom is -0.488 e. The van der Waals surface area contributed by atoms with Crippen LogP contribution in [0.4, 0.5) is 0 Å². The molecular weight excluding hydrogens is 340 g/mol. The van der Waals surface area contributed by atoms with Gasteiger partial charge in [0.25, 0.3) is 0 Å². The first kappa shape index (κ1) is 19.2. The molecule has 2 rings (SSSR count). The molecule has 0 saturated carbocycles. The molecule has 1 heterocycles. The number of rotatable bonds is 8. The number of halogens is 1. The van der Waals surface area contributed by atoms with Crippen LogP contribution in [-0.4, -0.2) is 43.3 Å². The zero-order chi connectivity index (χ0) is 18.6. The molecule has 134 valence electrons. The predicted octanol–water partition coefficient (Wildman–Crippen LogP) is 2.26. The molecule has 2 aromatic rings. The van der Waals surface area contributed by atoms with Crippen LogP contribution in [-0.2, 0) is 0 Å². The fourth-order valence-corrected chi connectivity index (χ4v) is 3.01. The molecule has 1 aromatic carbocycles. The van der Waals surface area contributed by atoms with Crippen molar-refractivity contribution in [1.29, 1.82) is 0 Å². The standard InChI is InChI=1S/C19H23ClN2O3/c1-12-18(14(3)23)13(2)21-19(12)17(24)11-22(4)9-10-25-16-7-5-15(20)6-8-16/h5-8,21H,9-11H2,1-4H3/p+1. The molecule has 0 spiro atoms. The lowest BCUT2D eigenvalue weighted by Crippen LogP contribution is -3.10. The molecule has 1 atom stereocenters. The molecule has 1 aromatic heterocycles. The quantitative estimate of drug-likeness (QED) is 0.707. The summed E-state index contributed by atoms with van der Waals surface area (Å²) in [5.41, 5.74) is 2.63. The summed E-state index contributed by atoms with van der Waals surface area (Å²) in [5, 5.41) is 0.669. The Morgan fingerprint density at radius 3 is 2.40 bits per heavy atom. The van der Waals surface area contributed by atoms with Gasteiger partial charge < -0.3 is 14.6 Å². The van der Waals surface area contributed by atoms with Crippen molar-refractivity contribution in [3.8, 4) is 5.75 Å². The van der Waals surface area contributed by atoms with Crippen LogP contribution in [0.5, 0.6) is 5.75 Å². The maximum Gasteiger partial charge on any atom is 0.233 e. The second-order valence-corrected chi connectivity index (χ2v) is 6.73. The molecule has 0 aliphatic rings. The summed E-state index contributed by atoms with van der Waals surface area (Å²) in [4.78, 5) is 28.3. The fourth-order valence-electron chi connectivity index (χ4n) is 2.88. The SMILES string of the molecule is CC(=O)c1c(C)[nH]c(C(=O)C[NH+](C)CCOc2ccc(Cl)cc2)c1C. The van der Waals surface area contributed by atoms with Gasteiger partial charge in [0.05, 0.1) is 12.7 Å². The van der Waals surface area contributed by atoms with E-state index in [0.29, 0.717) is 36.0 Å². The number of aromatic nitrogens is 1. The number of aryl methyl sites for hydroxylation is 1. The number of carbonyl (C=O) groups is 2. The highest BCUT2D eigenvalue weighted by atomic mass is 35.5. The first-order valence-electron chi connectivity index (χ1n) is 8.22. The Balaban J connectivity index is 1.89. The van der Waals surface area contributed by atoms with E-state index in [9.17, 15) is 9.59 Å². The van der Waals surface area contributed by atoms with Gasteiger partial charge in [0, 0.05) is 16.3 Å². The van der Waals surface area contributed by atoms with Crippen molar-refractivity contribution >= 4 is 23.2 Å². The van der Waals surface area contributed by atoms with E-state index in [1.165, 1.54) is 6.92 Å². The lowest BCUT2D eigenvalue weighted by atomic mass is 10.1. The highest BCUT2D eigenvalue weighted by Crippen LogP contribution is 2.18. The number of nitrogens with one attached hydrogen (secondary N) is 2. The normalized spacial score (nSPS) is 12.0. The Morgan fingerprint density at radius 2 is 1.84 bits per heavy atom. The fraction of sp³-hybridized carbons (Fsp3) is 0.368. The summed E-state index contributed by atoms with van der Waals surface area (Å²) in [6.07, 6.45) is 0. The van der Waals surface area contributed by atoms with Gasteiger partial charge in [-0.25, -0.2) is 0 Å². The number of carbonyl (C=O) groups excluding carboxylic acids is 2. The molecule has 0 fully saturated rings. The average molecular weight is 364 g/mol. The Labute approximate surface area is 152 Å². The van der Waals surface area contributed by atoms with Crippen LogP contribution in [0.2, 0.25) is 5.02 Å². The van der Waals surface area contributed by atoms with E-state index in [1.807, 2.05) is 33.0 Å².